The molecule has 0 aliphatic carbocycles. The first kappa shape index (κ1) is 93.1. The first-order chi connectivity index (χ1) is 45.9. The molecule has 3 unspecified atom stereocenters. The second-order valence-corrected chi connectivity index (χ2v) is 31.0. The highest BCUT2D eigenvalue weighted by Gasteiger charge is 2.30. The molecule has 564 valence electrons. The van der Waals surface area contributed by atoms with Crippen LogP contribution in [0.3, 0.4) is 0 Å². The predicted octanol–water partition coefficient (Wildman–Crippen LogP) is 22.3. The van der Waals surface area contributed by atoms with Crippen LogP contribution < -0.4 is 0 Å². The normalized spacial score (nSPS) is 14.3. The molecule has 0 rings (SSSR count). The van der Waals surface area contributed by atoms with Crippen LogP contribution >= 0.6 is 15.6 Å². The van der Waals surface area contributed by atoms with Crippen molar-refractivity contribution in [2.24, 2.45) is 11.8 Å². The van der Waals surface area contributed by atoms with Gasteiger partial charge in [0, 0.05) is 25.7 Å². The second-order valence-electron chi connectivity index (χ2n) is 28.1. The van der Waals surface area contributed by atoms with E-state index < -0.39 is 97.5 Å². The van der Waals surface area contributed by atoms with Crippen molar-refractivity contribution in [2.75, 3.05) is 39.6 Å². The minimum Gasteiger partial charge on any atom is -0.462 e. The maximum atomic E-state index is 13.1. The highest BCUT2D eigenvalue weighted by Crippen LogP contribution is 2.45. The van der Waals surface area contributed by atoms with Crippen molar-refractivity contribution >= 4 is 39.5 Å². The lowest BCUT2D eigenvalue weighted by molar-refractivity contribution is -0.161. The molecule has 0 aromatic heterocycles. The van der Waals surface area contributed by atoms with Crippen molar-refractivity contribution in [2.45, 2.75) is 413 Å². The Morgan fingerprint density at radius 2 is 0.537 bits per heavy atom. The lowest BCUT2D eigenvalue weighted by Gasteiger charge is -2.21. The average Bonchev–Trinajstić information content (AvgIpc) is 2.33. The van der Waals surface area contributed by atoms with Crippen LogP contribution in [0.15, 0.2) is 0 Å². The summed E-state index contributed by atoms with van der Waals surface area (Å²) in [6.07, 6.45) is 55.4. The zero-order chi connectivity index (χ0) is 70.0. The first-order valence-corrected chi connectivity index (χ1v) is 42.5. The summed E-state index contributed by atoms with van der Waals surface area (Å²) in [5.41, 5.74) is 0. The van der Waals surface area contributed by atoms with Gasteiger partial charge in [0.15, 0.2) is 12.2 Å². The summed E-state index contributed by atoms with van der Waals surface area (Å²) in [5.74, 6) is -0.601. The van der Waals surface area contributed by atoms with Gasteiger partial charge in [-0.05, 0) is 37.5 Å². The second kappa shape index (κ2) is 67.9. The van der Waals surface area contributed by atoms with Gasteiger partial charge in [0.25, 0.3) is 0 Å². The number of hydrogen-bond donors (Lipinski definition) is 3. The molecule has 0 aliphatic rings. The maximum absolute atomic E-state index is 13.1. The predicted molar refractivity (Wildman–Crippen MR) is 386 cm³/mol. The van der Waals surface area contributed by atoms with Crippen LogP contribution in [0.2, 0.25) is 0 Å². The van der Waals surface area contributed by atoms with Gasteiger partial charge < -0.3 is 33.8 Å². The van der Waals surface area contributed by atoms with Crippen LogP contribution in [-0.2, 0) is 65.4 Å². The number of unbranched alkanes of at least 4 members (excludes halogenated alkanes) is 44. The van der Waals surface area contributed by atoms with Crippen LogP contribution in [0.1, 0.15) is 395 Å². The van der Waals surface area contributed by atoms with Gasteiger partial charge in [-0.2, -0.15) is 0 Å². The minimum absolute atomic E-state index is 0.107. The number of phosphoric acid groups is 2. The molecule has 0 fully saturated rings. The van der Waals surface area contributed by atoms with E-state index in [1.165, 1.54) is 205 Å². The molecule has 0 saturated heterocycles. The number of aliphatic hydroxyl groups excluding tert-OH is 1. The molecular formula is C76H148O17P2. The van der Waals surface area contributed by atoms with Gasteiger partial charge >= 0.3 is 39.5 Å². The summed E-state index contributed by atoms with van der Waals surface area (Å²) in [5, 5.41) is 10.6. The van der Waals surface area contributed by atoms with Crippen molar-refractivity contribution in [3.05, 3.63) is 0 Å². The van der Waals surface area contributed by atoms with Crippen LogP contribution in [0.4, 0.5) is 0 Å². The standard InChI is InChI=1S/C76H148O17P2/c1-7-10-12-14-16-18-20-22-24-25-27-33-37-41-49-55-61-75(80)92-71(64-86-73(78)58-52-46-39-35-31-29-28-30-34-38-44-50-56-68(4)5)66-90-94(82,83)88-62-70(77)63-89-95(84,85)91-67-72(65-87-74(79)59-53-47-43-42-45-51-57-69(6)9-3)93-76(81)60-54-48-40-36-32-26-23-21-19-17-15-13-11-8-2/h68-72,77H,7-67H2,1-6H3,(H,82,83)(H,84,85)/t69?,70-,71-,72-/m1/s1. The molecule has 6 atom stereocenters. The number of aliphatic hydroxyl groups is 1. The summed E-state index contributed by atoms with van der Waals surface area (Å²) < 4.78 is 68.5. The van der Waals surface area contributed by atoms with Crippen LogP contribution in [0.5, 0.6) is 0 Å². The fraction of sp³-hybridized carbons (Fsp3) is 0.947. The molecular weight excluding hydrogens is 1250 g/mol. The summed E-state index contributed by atoms with van der Waals surface area (Å²) in [4.78, 5) is 72.8. The Bertz CT molecular complexity index is 1840. The van der Waals surface area contributed by atoms with E-state index in [1.54, 1.807) is 0 Å². The highest BCUT2D eigenvalue weighted by molar-refractivity contribution is 7.47. The van der Waals surface area contributed by atoms with E-state index in [2.05, 4.69) is 41.5 Å². The topological polar surface area (TPSA) is 237 Å². The fourth-order valence-electron chi connectivity index (χ4n) is 11.6. The Balaban J connectivity index is 5.26. The first-order valence-electron chi connectivity index (χ1n) is 39.5. The number of carbonyl (C=O) groups is 4. The Labute approximate surface area is 581 Å². The molecule has 0 heterocycles. The lowest BCUT2D eigenvalue weighted by Crippen LogP contribution is -2.30. The van der Waals surface area contributed by atoms with Gasteiger partial charge in [-0.3, -0.25) is 37.3 Å². The number of phosphoric ester groups is 2. The number of ether oxygens (including phenoxy) is 4. The van der Waals surface area contributed by atoms with Gasteiger partial charge in [0.2, 0.25) is 0 Å². The van der Waals surface area contributed by atoms with Crippen molar-refractivity contribution in [1.29, 1.82) is 0 Å². The number of rotatable bonds is 75. The molecule has 0 aromatic carbocycles. The van der Waals surface area contributed by atoms with Gasteiger partial charge in [0.05, 0.1) is 26.4 Å². The Kier molecular flexibility index (Phi) is 66.5. The molecule has 0 aliphatic heterocycles. The van der Waals surface area contributed by atoms with Crippen molar-refractivity contribution in [3.63, 3.8) is 0 Å². The van der Waals surface area contributed by atoms with Crippen molar-refractivity contribution in [3.8, 4) is 0 Å². The molecule has 0 amide bonds. The third-order valence-corrected chi connectivity index (χ3v) is 20.0. The number of esters is 4. The Hall–Kier alpha value is -1.94. The van der Waals surface area contributed by atoms with Crippen molar-refractivity contribution in [1.82, 2.24) is 0 Å². The number of hydrogen-bond acceptors (Lipinski definition) is 15. The molecule has 95 heavy (non-hydrogen) atoms. The third kappa shape index (κ3) is 69.0. The van der Waals surface area contributed by atoms with E-state index in [9.17, 15) is 43.2 Å². The molecule has 0 spiro atoms. The van der Waals surface area contributed by atoms with E-state index >= 15 is 0 Å². The van der Waals surface area contributed by atoms with Crippen LogP contribution in [0.25, 0.3) is 0 Å². The smallest absolute Gasteiger partial charge is 0.462 e. The van der Waals surface area contributed by atoms with Gasteiger partial charge in [-0.25, -0.2) is 9.13 Å². The summed E-state index contributed by atoms with van der Waals surface area (Å²) >= 11 is 0. The van der Waals surface area contributed by atoms with Gasteiger partial charge in [-0.1, -0.05) is 343 Å². The lowest BCUT2D eigenvalue weighted by atomic mass is 10.00. The third-order valence-electron chi connectivity index (χ3n) is 18.1. The van der Waals surface area contributed by atoms with E-state index in [-0.39, 0.29) is 25.7 Å². The zero-order valence-electron chi connectivity index (χ0n) is 62.0. The van der Waals surface area contributed by atoms with E-state index in [0.717, 1.165) is 108 Å². The van der Waals surface area contributed by atoms with Crippen LogP contribution in [0, 0.1) is 11.8 Å². The largest absolute Gasteiger partial charge is 0.472 e. The molecule has 0 radical (unpaired) electrons. The highest BCUT2D eigenvalue weighted by atomic mass is 31.2. The fourth-order valence-corrected chi connectivity index (χ4v) is 13.2. The van der Waals surface area contributed by atoms with Crippen molar-refractivity contribution < 1.29 is 80.2 Å². The SMILES string of the molecule is CCCCCCCCCCCCCCCCCCC(=O)O[C@H](COC(=O)CCCCCCCCCCCCCCC(C)C)COP(=O)(O)OC[C@@H](O)COP(=O)(O)OC[C@@H](COC(=O)CCCCCCCCC(C)CC)OC(=O)CCCCCCCCCCCCCCCC. The Morgan fingerprint density at radius 1 is 0.305 bits per heavy atom. The molecule has 17 nitrogen and oxygen atoms in total. The molecule has 0 saturated carbocycles. The van der Waals surface area contributed by atoms with Gasteiger partial charge in [0.1, 0.15) is 19.3 Å². The van der Waals surface area contributed by atoms with E-state index in [0.29, 0.717) is 25.7 Å². The summed E-state index contributed by atoms with van der Waals surface area (Å²) in [6, 6.07) is 0. The van der Waals surface area contributed by atoms with Crippen LogP contribution in [-0.4, -0.2) is 96.7 Å². The van der Waals surface area contributed by atoms with E-state index in [1.807, 2.05) is 0 Å². The summed E-state index contributed by atoms with van der Waals surface area (Å²) in [6.45, 7) is 9.58. The molecule has 3 N–H and O–H groups in total. The quantitative estimate of drug-likeness (QED) is 0.0222. The molecule has 0 bridgehead atoms. The monoisotopic (exact) mass is 1400 g/mol. The maximum Gasteiger partial charge on any atom is 0.472 e. The average molecular weight is 1400 g/mol. The zero-order valence-corrected chi connectivity index (χ0v) is 63.8. The number of carbonyl (C=O) groups excluding carboxylic acids is 4. The Morgan fingerprint density at radius 3 is 0.800 bits per heavy atom. The molecule has 19 heteroatoms. The van der Waals surface area contributed by atoms with E-state index in [4.69, 9.17) is 37.0 Å². The van der Waals surface area contributed by atoms with Gasteiger partial charge in [-0.15, -0.1) is 0 Å². The summed E-state index contributed by atoms with van der Waals surface area (Å²) in [7, 11) is -9.91. The minimum atomic E-state index is -4.96. The molecule has 0 aromatic rings.